The lowest BCUT2D eigenvalue weighted by atomic mass is 9.95. The lowest BCUT2D eigenvalue weighted by Gasteiger charge is -2.32. The molecular formula is C20H23ClN4O2. The van der Waals surface area contributed by atoms with Crippen LogP contribution in [0.1, 0.15) is 46.2 Å². The fourth-order valence-electron chi connectivity index (χ4n) is 3.84. The van der Waals surface area contributed by atoms with Crippen LogP contribution in [0.15, 0.2) is 24.4 Å². The summed E-state index contributed by atoms with van der Waals surface area (Å²) < 4.78 is 5.35. The fourth-order valence-corrected chi connectivity index (χ4v) is 4.01. The molecule has 1 N–H and O–H groups in total. The van der Waals surface area contributed by atoms with Gasteiger partial charge in [0.25, 0.3) is 5.91 Å². The minimum absolute atomic E-state index is 0.0544. The van der Waals surface area contributed by atoms with Crippen molar-refractivity contribution in [3.63, 3.8) is 0 Å². The van der Waals surface area contributed by atoms with Crippen molar-refractivity contribution in [2.75, 3.05) is 26.7 Å². The van der Waals surface area contributed by atoms with E-state index in [-0.39, 0.29) is 11.8 Å². The van der Waals surface area contributed by atoms with Gasteiger partial charge in [-0.05, 0) is 31.0 Å². The van der Waals surface area contributed by atoms with Gasteiger partial charge in [-0.25, -0.2) is 9.97 Å². The number of likely N-dealkylation sites (tertiary alicyclic amines) is 1. The SMILES string of the molecule is COc1ccc(Cl)cc1C(=O)N1CCC[C@H](c2ncc3c(n2)CCNC3)C1. The maximum absolute atomic E-state index is 13.1. The van der Waals surface area contributed by atoms with Crippen molar-refractivity contribution >= 4 is 17.5 Å². The zero-order valence-corrected chi connectivity index (χ0v) is 16.1. The van der Waals surface area contributed by atoms with E-state index < -0.39 is 0 Å². The molecule has 2 aliphatic rings. The van der Waals surface area contributed by atoms with Gasteiger partial charge in [0.2, 0.25) is 0 Å². The van der Waals surface area contributed by atoms with E-state index in [1.165, 1.54) is 5.56 Å². The summed E-state index contributed by atoms with van der Waals surface area (Å²) in [7, 11) is 1.56. The summed E-state index contributed by atoms with van der Waals surface area (Å²) in [4.78, 5) is 24.4. The van der Waals surface area contributed by atoms with Gasteiger partial charge in [0.15, 0.2) is 0 Å². The first-order chi connectivity index (χ1) is 13.2. The van der Waals surface area contributed by atoms with E-state index in [0.717, 1.165) is 50.4 Å². The zero-order chi connectivity index (χ0) is 18.8. The lowest BCUT2D eigenvalue weighted by molar-refractivity contribution is 0.0701. The number of benzene rings is 1. The molecular weight excluding hydrogens is 364 g/mol. The number of nitrogens with one attached hydrogen (secondary N) is 1. The van der Waals surface area contributed by atoms with Crippen LogP contribution in [0, 0.1) is 0 Å². The van der Waals surface area contributed by atoms with Crippen molar-refractivity contribution in [1.29, 1.82) is 0 Å². The Hall–Kier alpha value is -2.18. The predicted octanol–water partition coefficient (Wildman–Crippen LogP) is 2.80. The molecule has 1 saturated heterocycles. The first-order valence-corrected chi connectivity index (χ1v) is 9.71. The number of aromatic nitrogens is 2. The molecule has 1 amide bonds. The Bertz CT molecular complexity index is 858. The minimum atomic E-state index is -0.0544. The monoisotopic (exact) mass is 386 g/mol. The zero-order valence-electron chi connectivity index (χ0n) is 15.4. The topological polar surface area (TPSA) is 67.3 Å². The Morgan fingerprint density at radius 1 is 1.41 bits per heavy atom. The van der Waals surface area contributed by atoms with Crippen molar-refractivity contribution in [2.24, 2.45) is 0 Å². The number of ether oxygens (including phenoxy) is 1. The van der Waals surface area contributed by atoms with Gasteiger partial charge >= 0.3 is 0 Å². The molecule has 6 nitrogen and oxygen atoms in total. The van der Waals surface area contributed by atoms with Crippen molar-refractivity contribution in [2.45, 2.75) is 31.7 Å². The highest BCUT2D eigenvalue weighted by molar-refractivity contribution is 6.31. The highest BCUT2D eigenvalue weighted by Gasteiger charge is 2.29. The molecule has 0 unspecified atom stereocenters. The second kappa shape index (κ2) is 7.82. The van der Waals surface area contributed by atoms with Gasteiger partial charge in [-0.15, -0.1) is 0 Å². The van der Waals surface area contributed by atoms with Gasteiger partial charge in [0, 0.05) is 61.0 Å². The fraction of sp³-hybridized carbons (Fsp3) is 0.450. The summed E-state index contributed by atoms with van der Waals surface area (Å²) in [6.45, 7) is 3.12. The van der Waals surface area contributed by atoms with E-state index in [2.05, 4.69) is 10.3 Å². The average Bonchev–Trinajstić information content (AvgIpc) is 2.73. The van der Waals surface area contributed by atoms with Crippen molar-refractivity contribution in [3.05, 3.63) is 52.1 Å². The van der Waals surface area contributed by atoms with Crippen molar-refractivity contribution in [3.8, 4) is 5.75 Å². The van der Waals surface area contributed by atoms with Crippen LogP contribution in [-0.2, 0) is 13.0 Å². The lowest BCUT2D eigenvalue weighted by Crippen LogP contribution is -2.40. The second-order valence-electron chi connectivity index (χ2n) is 7.06. The molecule has 0 spiro atoms. The molecule has 1 aromatic carbocycles. The Balaban J connectivity index is 1.55. The molecule has 7 heteroatoms. The van der Waals surface area contributed by atoms with Crippen LogP contribution in [0.5, 0.6) is 5.75 Å². The van der Waals surface area contributed by atoms with Gasteiger partial charge in [-0.3, -0.25) is 4.79 Å². The number of halogens is 1. The molecule has 0 aliphatic carbocycles. The van der Waals surface area contributed by atoms with E-state index >= 15 is 0 Å². The number of hydrogen-bond acceptors (Lipinski definition) is 5. The standard InChI is InChI=1S/C20H23ClN4O2/c1-27-18-5-4-15(21)9-16(18)20(26)25-8-2-3-13(12-25)19-23-11-14-10-22-7-6-17(14)24-19/h4-5,9,11,13,22H,2-3,6-8,10,12H2,1H3/t13-/m0/s1. The van der Waals surface area contributed by atoms with Gasteiger partial charge in [-0.1, -0.05) is 11.6 Å². The minimum Gasteiger partial charge on any atom is -0.496 e. The maximum atomic E-state index is 13.1. The summed E-state index contributed by atoms with van der Waals surface area (Å²) >= 11 is 6.10. The first kappa shape index (κ1) is 18.2. The summed E-state index contributed by atoms with van der Waals surface area (Å²) in [5.74, 6) is 1.50. The van der Waals surface area contributed by atoms with Crippen LogP contribution in [0.4, 0.5) is 0 Å². The average molecular weight is 387 g/mol. The number of nitrogens with zero attached hydrogens (tertiary/aromatic N) is 3. The third-order valence-electron chi connectivity index (χ3n) is 5.29. The molecule has 0 bridgehead atoms. The first-order valence-electron chi connectivity index (χ1n) is 9.34. The second-order valence-corrected chi connectivity index (χ2v) is 7.50. The number of rotatable bonds is 3. The maximum Gasteiger partial charge on any atom is 0.257 e. The number of piperidine rings is 1. The largest absolute Gasteiger partial charge is 0.496 e. The molecule has 1 fully saturated rings. The van der Waals surface area contributed by atoms with Crippen molar-refractivity contribution in [1.82, 2.24) is 20.2 Å². The smallest absolute Gasteiger partial charge is 0.257 e. The third-order valence-corrected chi connectivity index (χ3v) is 5.53. The Morgan fingerprint density at radius 2 is 2.30 bits per heavy atom. The van der Waals surface area contributed by atoms with Gasteiger partial charge in [-0.2, -0.15) is 0 Å². The highest BCUT2D eigenvalue weighted by Crippen LogP contribution is 2.29. The number of carbonyl (C=O) groups is 1. The molecule has 2 aromatic rings. The molecule has 1 atom stereocenters. The van der Waals surface area contributed by atoms with Crippen LogP contribution in [0.3, 0.4) is 0 Å². The molecule has 142 valence electrons. The number of hydrogen-bond donors (Lipinski definition) is 1. The summed E-state index contributed by atoms with van der Waals surface area (Å²) in [5, 5.41) is 3.87. The summed E-state index contributed by atoms with van der Waals surface area (Å²) in [5.41, 5.74) is 2.82. The van der Waals surface area contributed by atoms with E-state index in [1.807, 2.05) is 11.1 Å². The van der Waals surface area contributed by atoms with E-state index in [1.54, 1.807) is 25.3 Å². The van der Waals surface area contributed by atoms with Crippen LogP contribution < -0.4 is 10.1 Å². The molecule has 1 aromatic heterocycles. The molecule has 27 heavy (non-hydrogen) atoms. The normalized spacial score (nSPS) is 19.5. The van der Waals surface area contributed by atoms with E-state index in [9.17, 15) is 4.79 Å². The molecule has 0 radical (unpaired) electrons. The van der Waals surface area contributed by atoms with Crippen LogP contribution in [-0.4, -0.2) is 47.5 Å². The molecule has 3 heterocycles. The quantitative estimate of drug-likeness (QED) is 0.878. The van der Waals surface area contributed by atoms with Crippen LogP contribution in [0.2, 0.25) is 5.02 Å². The molecule has 2 aliphatic heterocycles. The molecule has 0 saturated carbocycles. The number of methoxy groups -OCH3 is 1. The van der Waals surface area contributed by atoms with E-state index in [0.29, 0.717) is 22.9 Å². The number of fused-ring (bicyclic) bond motifs is 1. The number of carbonyl (C=O) groups excluding carboxylic acids is 1. The van der Waals surface area contributed by atoms with E-state index in [4.69, 9.17) is 21.3 Å². The summed E-state index contributed by atoms with van der Waals surface area (Å²) in [6, 6.07) is 5.14. The molecule has 4 rings (SSSR count). The summed E-state index contributed by atoms with van der Waals surface area (Å²) in [6.07, 6.45) is 4.79. The highest BCUT2D eigenvalue weighted by atomic mass is 35.5. The van der Waals surface area contributed by atoms with Crippen molar-refractivity contribution < 1.29 is 9.53 Å². The Labute approximate surface area is 163 Å². The third kappa shape index (κ3) is 3.77. The number of amides is 1. The Kier molecular flexibility index (Phi) is 5.27. The van der Waals surface area contributed by atoms with Gasteiger partial charge < -0.3 is 15.0 Å². The van der Waals surface area contributed by atoms with Gasteiger partial charge in [0.05, 0.1) is 12.7 Å². The van der Waals surface area contributed by atoms with Gasteiger partial charge in [0.1, 0.15) is 11.6 Å². The Morgan fingerprint density at radius 3 is 3.15 bits per heavy atom. The predicted molar refractivity (Wildman–Crippen MR) is 103 cm³/mol. The van der Waals surface area contributed by atoms with Crippen LogP contribution in [0.25, 0.3) is 0 Å². The van der Waals surface area contributed by atoms with Crippen LogP contribution >= 0.6 is 11.6 Å².